The van der Waals surface area contributed by atoms with Gasteiger partial charge in [-0.2, -0.15) is 4.89 Å². The van der Waals surface area contributed by atoms with Crippen LogP contribution in [0.25, 0.3) is 0 Å². The summed E-state index contributed by atoms with van der Waals surface area (Å²) in [6.45, 7) is 10.6. The molecule has 4 heteroatoms. The highest BCUT2D eigenvalue weighted by Crippen LogP contribution is 2.27. The first-order valence-corrected chi connectivity index (χ1v) is 6.94. The molecule has 0 saturated heterocycles. The molecule has 0 aromatic rings. The highest BCUT2D eigenvalue weighted by Gasteiger charge is 2.27. The summed E-state index contributed by atoms with van der Waals surface area (Å²) in [5.41, 5.74) is -0.0554. The Balaban J connectivity index is 3.65. The van der Waals surface area contributed by atoms with Crippen molar-refractivity contribution in [2.75, 3.05) is 6.61 Å². The van der Waals surface area contributed by atoms with E-state index in [0.717, 1.165) is 19.3 Å². The van der Waals surface area contributed by atoms with Gasteiger partial charge in [0.25, 0.3) is 0 Å². The maximum Gasteiger partial charge on any atom is 0.540 e. The topological polar surface area (TPSA) is 44.8 Å². The van der Waals surface area contributed by atoms with E-state index in [9.17, 15) is 4.79 Å². The van der Waals surface area contributed by atoms with Crippen LogP contribution >= 0.6 is 0 Å². The van der Waals surface area contributed by atoms with Gasteiger partial charge in [0.1, 0.15) is 6.10 Å². The third-order valence-corrected chi connectivity index (χ3v) is 3.49. The van der Waals surface area contributed by atoms with Crippen molar-refractivity contribution in [3.05, 3.63) is 0 Å². The highest BCUT2D eigenvalue weighted by atomic mass is 17.2. The zero-order valence-corrected chi connectivity index (χ0v) is 12.5. The van der Waals surface area contributed by atoms with Gasteiger partial charge in [0.2, 0.25) is 0 Å². The van der Waals surface area contributed by atoms with Gasteiger partial charge in [-0.05, 0) is 19.8 Å². The molecule has 0 aliphatic carbocycles. The molecule has 0 amide bonds. The van der Waals surface area contributed by atoms with Crippen LogP contribution in [0.3, 0.4) is 0 Å². The van der Waals surface area contributed by atoms with Crippen molar-refractivity contribution in [3.63, 3.8) is 0 Å². The fourth-order valence-corrected chi connectivity index (χ4v) is 1.29. The Morgan fingerprint density at radius 3 is 2.39 bits per heavy atom. The van der Waals surface area contributed by atoms with E-state index in [0.29, 0.717) is 6.61 Å². The lowest BCUT2D eigenvalue weighted by Gasteiger charge is -2.29. The monoisotopic (exact) mass is 260 g/mol. The molecule has 0 aliphatic rings. The van der Waals surface area contributed by atoms with E-state index < -0.39 is 6.16 Å². The van der Waals surface area contributed by atoms with Crippen LogP contribution in [0.5, 0.6) is 0 Å². The summed E-state index contributed by atoms with van der Waals surface area (Å²) >= 11 is 0. The minimum Gasteiger partial charge on any atom is -0.429 e. The van der Waals surface area contributed by atoms with Gasteiger partial charge in [0.15, 0.2) is 0 Å². The van der Waals surface area contributed by atoms with Gasteiger partial charge in [0.05, 0.1) is 6.61 Å². The van der Waals surface area contributed by atoms with Crippen LogP contribution in [0.4, 0.5) is 4.79 Å². The van der Waals surface area contributed by atoms with E-state index in [1.54, 1.807) is 0 Å². The molecule has 0 aromatic heterocycles. The summed E-state index contributed by atoms with van der Waals surface area (Å²) in [7, 11) is 0. The number of hydrogen-bond acceptors (Lipinski definition) is 4. The third kappa shape index (κ3) is 7.54. The van der Waals surface area contributed by atoms with E-state index >= 15 is 0 Å². The molecule has 4 nitrogen and oxygen atoms in total. The second-order valence-electron chi connectivity index (χ2n) is 5.32. The maximum atomic E-state index is 11.3. The van der Waals surface area contributed by atoms with E-state index in [1.807, 2.05) is 6.92 Å². The predicted octanol–water partition coefficient (Wildman–Crippen LogP) is 4.48. The molecule has 0 aliphatic heterocycles. The molecule has 0 saturated carbocycles. The van der Waals surface area contributed by atoms with Gasteiger partial charge >= 0.3 is 6.16 Å². The Morgan fingerprint density at radius 1 is 1.17 bits per heavy atom. The average molecular weight is 260 g/mol. The number of ether oxygens (including phenoxy) is 1. The van der Waals surface area contributed by atoms with Crippen molar-refractivity contribution in [1.82, 2.24) is 0 Å². The molecular weight excluding hydrogens is 232 g/mol. The van der Waals surface area contributed by atoms with Gasteiger partial charge in [-0.15, -0.1) is 0 Å². The van der Waals surface area contributed by atoms with Crippen LogP contribution < -0.4 is 0 Å². The highest BCUT2D eigenvalue weighted by molar-refractivity contribution is 5.59. The Kier molecular flexibility index (Phi) is 8.81. The van der Waals surface area contributed by atoms with Crippen LogP contribution in [-0.2, 0) is 14.5 Å². The lowest BCUT2D eigenvalue weighted by atomic mass is 9.85. The third-order valence-electron chi connectivity index (χ3n) is 3.49. The normalized spacial score (nSPS) is 13.2. The fourth-order valence-electron chi connectivity index (χ4n) is 1.29. The van der Waals surface area contributed by atoms with Gasteiger partial charge in [0, 0.05) is 5.41 Å². The number of unbranched alkanes of at least 4 members (excludes halogenated alkanes) is 3. The van der Waals surface area contributed by atoms with Crippen molar-refractivity contribution >= 4 is 6.16 Å². The lowest BCUT2D eigenvalue weighted by Crippen LogP contribution is -2.31. The fraction of sp³-hybridized carbons (Fsp3) is 0.929. The Labute approximate surface area is 111 Å². The van der Waals surface area contributed by atoms with Gasteiger partial charge < -0.3 is 4.74 Å². The average Bonchev–Trinajstić information content (AvgIpc) is 2.33. The molecule has 1 unspecified atom stereocenters. The summed E-state index contributed by atoms with van der Waals surface area (Å²) in [4.78, 5) is 20.7. The number of rotatable bonds is 9. The van der Waals surface area contributed by atoms with Crippen LogP contribution in [0.15, 0.2) is 0 Å². The molecule has 0 rings (SSSR count). The predicted molar refractivity (Wildman–Crippen MR) is 71.2 cm³/mol. The number of carbonyl (C=O) groups is 1. The van der Waals surface area contributed by atoms with Crippen molar-refractivity contribution < 1.29 is 19.3 Å². The molecule has 0 heterocycles. The van der Waals surface area contributed by atoms with Crippen molar-refractivity contribution in [1.29, 1.82) is 0 Å². The summed E-state index contributed by atoms with van der Waals surface area (Å²) in [5.74, 6) is 0. The first-order valence-electron chi connectivity index (χ1n) is 6.94. The molecule has 0 fully saturated rings. The Hall–Kier alpha value is -0.770. The smallest absolute Gasteiger partial charge is 0.429 e. The molecule has 0 bridgehead atoms. The standard InChI is InChI=1S/C14H28O4/c1-6-8-9-10-11-16-18-13(15)17-12(3)14(4,5)7-2/h12H,6-11H2,1-5H3. The van der Waals surface area contributed by atoms with E-state index in [4.69, 9.17) is 9.62 Å². The summed E-state index contributed by atoms with van der Waals surface area (Å²) in [6.07, 6.45) is 4.32. The second-order valence-corrected chi connectivity index (χ2v) is 5.32. The summed E-state index contributed by atoms with van der Waals surface area (Å²) in [6, 6.07) is 0. The molecule has 0 spiro atoms. The molecule has 1 atom stereocenters. The van der Waals surface area contributed by atoms with Gasteiger partial charge in [-0.3, -0.25) is 4.89 Å². The molecule has 0 radical (unpaired) electrons. The minimum absolute atomic E-state index is 0.0554. The Morgan fingerprint density at radius 2 is 1.83 bits per heavy atom. The van der Waals surface area contributed by atoms with Crippen LogP contribution in [0.2, 0.25) is 0 Å². The zero-order valence-electron chi connectivity index (χ0n) is 12.5. The quantitative estimate of drug-likeness (QED) is 0.265. The van der Waals surface area contributed by atoms with Gasteiger partial charge in [-0.1, -0.05) is 47.0 Å². The number of carbonyl (C=O) groups excluding carboxylic acids is 1. The van der Waals surface area contributed by atoms with Crippen LogP contribution in [0, 0.1) is 5.41 Å². The van der Waals surface area contributed by atoms with Crippen molar-refractivity contribution in [3.8, 4) is 0 Å². The maximum absolute atomic E-state index is 11.3. The first kappa shape index (κ1) is 17.2. The molecule has 108 valence electrons. The largest absolute Gasteiger partial charge is 0.540 e. The zero-order chi connectivity index (χ0) is 14.0. The van der Waals surface area contributed by atoms with E-state index in [2.05, 4.69) is 32.6 Å². The molecule has 18 heavy (non-hydrogen) atoms. The van der Waals surface area contributed by atoms with Crippen molar-refractivity contribution in [2.24, 2.45) is 5.41 Å². The van der Waals surface area contributed by atoms with Crippen LogP contribution in [0.1, 0.15) is 66.7 Å². The summed E-state index contributed by atoms with van der Waals surface area (Å²) < 4.78 is 5.15. The first-order chi connectivity index (χ1) is 8.44. The molecule has 0 N–H and O–H groups in total. The Bertz CT molecular complexity index is 226. The number of hydrogen-bond donors (Lipinski definition) is 0. The van der Waals surface area contributed by atoms with Gasteiger partial charge in [-0.25, -0.2) is 4.79 Å². The van der Waals surface area contributed by atoms with Crippen molar-refractivity contribution in [2.45, 2.75) is 72.8 Å². The van der Waals surface area contributed by atoms with Crippen LogP contribution in [-0.4, -0.2) is 18.9 Å². The molecular formula is C14H28O4. The SMILES string of the molecule is CCCCCCOOC(=O)OC(C)C(C)(C)CC. The second kappa shape index (κ2) is 9.20. The van der Waals surface area contributed by atoms with E-state index in [-0.39, 0.29) is 11.5 Å². The minimum atomic E-state index is -0.750. The lowest BCUT2D eigenvalue weighted by molar-refractivity contribution is -0.260. The summed E-state index contributed by atoms with van der Waals surface area (Å²) in [5, 5.41) is 0. The molecule has 0 aromatic carbocycles. The van der Waals surface area contributed by atoms with E-state index in [1.165, 1.54) is 12.8 Å².